The Kier molecular flexibility index (Phi) is 10.6. The third-order valence-corrected chi connectivity index (χ3v) is 6.82. The second-order valence-electron chi connectivity index (χ2n) is 9.11. The number of carbonyl (C=O) groups is 2. The number of hydrogen-bond acceptors (Lipinski definition) is 5. The van der Waals surface area contributed by atoms with E-state index in [-0.39, 0.29) is 30.0 Å². The van der Waals surface area contributed by atoms with Crippen molar-refractivity contribution in [3.8, 4) is 0 Å². The molecule has 178 valence electrons. The fourth-order valence-electron chi connectivity index (χ4n) is 4.90. The minimum atomic E-state index is -0.996. The zero-order chi connectivity index (χ0) is 22.6. The number of morpholine rings is 1. The molecule has 0 amide bonds. The van der Waals surface area contributed by atoms with Gasteiger partial charge in [0.05, 0.1) is 13.2 Å². The van der Waals surface area contributed by atoms with Crippen LogP contribution in [0.15, 0.2) is 30.3 Å². The van der Waals surface area contributed by atoms with Gasteiger partial charge in [0, 0.05) is 44.3 Å². The average molecular weight is 448 g/mol. The number of unbranched alkanes of at least 4 members (excludes halogenated alkanes) is 3. The van der Waals surface area contributed by atoms with Crippen LogP contribution in [0.5, 0.6) is 0 Å². The Labute approximate surface area is 191 Å². The topological polar surface area (TPSA) is 55.8 Å². The third kappa shape index (κ3) is 8.28. The predicted octanol–water partition coefficient (Wildman–Crippen LogP) is 4.38. The molecule has 0 N–H and O–H groups in total. The Morgan fingerprint density at radius 3 is 2.59 bits per heavy atom. The lowest BCUT2D eigenvalue weighted by Crippen LogP contribution is -2.38. The molecule has 0 aromatic heterocycles. The largest absolute Gasteiger partial charge is 0.464 e. The average Bonchev–Trinajstić information content (AvgIpc) is 3.08. The first-order chi connectivity index (χ1) is 15.6. The first-order valence-corrected chi connectivity index (χ1v) is 12.3. The van der Waals surface area contributed by atoms with E-state index in [4.69, 9.17) is 9.47 Å². The van der Waals surface area contributed by atoms with E-state index in [1.807, 2.05) is 18.2 Å². The molecule has 1 unspecified atom stereocenters. The van der Waals surface area contributed by atoms with E-state index in [2.05, 4.69) is 17.0 Å². The molecule has 3 rings (SSSR count). The van der Waals surface area contributed by atoms with Gasteiger partial charge in [-0.2, -0.15) is 0 Å². The van der Waals surface area contributed by atoms with Gasteiger partial charge in [-0.25, -0.2) is 4.39 Å². The summed E-state index contributed by atoms with van der Waals surface area (Å²) < 4.78 is 25.1. The standard InChI is InChI=1S/C26H38FNO4/c27-24-20-25(29)23(13-12-21-8-4-3-5-9-21)22(24)10-6-1-2-7-11-26(30)32-19-16-28-14-17-31-18-15-28/h3-5,8-9,22-24H,1-2,6-7,10-20H2/t22-,23-,24?/m1/s1. The van der Waals surface area contributed by atoms with Gasteiger partial charge in [0.25, 0.3) is 0 Å². The van der Waals surface area contributed by atoms with Crippen LogP contribution in [0.2, 0.25) is 0 Å². The van der Waals surface area contributed by atoms with Crippen molar-refractivity contribution in [2.24, 2.45) is 11.8 Å². The zero-order valence-corrected chi connectivity index (χ0v) is 19.2. The minimum absolute atomic E-state index is 0.0837. The summed E-state index contributed by atoms with van der Waals surface area (Å²) in [6.45, 7) is 4.51. The lowest BCUT2D eigenvalue weighted by Gasteiger charge is -2.26. The van der Waals surface area contributed by atoms with Gasteiger partial charge in [0.15, 0.2) is 0 Å². The lowest BCUT2D eigenvalue weighted by molar-refractivity contribution is -0.144. The molecular formula is C26H38FNO4. The number of Topliss-reactive ketones (excluding diaryl/α,β-unsaturated/α-hetero) is 1. The van der Waals surface area contributed by atoms with Crippen molar-refractivity contribution in [2.45, 2.75) is 64.0 Å². The highest BCUT2D eigenvalue weighted by molar-refractivity contribution is 5.84. The molecule has 1 saturated carbocycles. The Morgan fingerprint density at radius 2 is 1.81 bits per heavy atom. The molecule has 1 aromatic carbocycles. The molecule has 2 aliphatic rings. The van der Waals surface area contributed by atoms with Gasteiger partial charge in [0.1, 0.15) is 18.6 Å². The minimum Gasteiger partial charge on any atom is -0.464 e. The lowest BCUT2D eigenvalue weighted by atomic mass is 9.85. The maximum Gasteiger partial charge on any atom is 0.305 e. The smallest absolute Gasteiger partial charge is 0.305 e. The second-order valence-corrected chi connectivity index (χ2v) is 9.11. The monoisotopic (exact) mass is 447 g/mol. The quantitative estimate of drug-likeness (QED) is 0.332. The van der Waals surface area contributed by atoms with E-state index < -0.39 is 6.17 Å². The molecule has 0 spiro atoms. The van der Waals surface area contributed by atoms with Crippen molar-refractivity contribution >= 4 is 11.8 Å². The van der Waals surface area contributed by atoms with E-state index in [9.17, 15) is 14.0 Å². The van der Waals surface area contributed by atoms with Crippen LogP contribution in [-0.4, -0.2) is 62.3 Å². The van der Waals surface area contributed by atoms with Crippen LogP contribution in [0.1, 0.15) is 56.9 Å². The fraction of sp³-hybridized carbons (Fsp3) is 0.692. The number of alkyl halides is 1. The Morgan fingerprint density at radius 1 is 1.06 bits per heavy atom. The summed E-state index contributed by atoms with van der Waals surface area (Å²) >= 11 is 0. The molecule has 32 heavy (non-hydrogen) atoms. The fourth-order valence-corrected chi connectivity index (χ4v) is 4.90. The highest BCUT2D eigenvalue weighted by atomic mass is 19.1. The van der Waals surface area contributed by atoms with Crippen LogP contribution in [0, 0.1) is 11.8 Å². The van der Waals surface area contributed by atoms with Crippen LogP contribution in [0.3, 0.4) is 0 Å². The number of esters is 1. The van der Waals surface area contributed by atoms with Crippen molar-refractivity contribution in [3.05, 3.63) is 35.9 Å². The summed E-state index contributed by atoms with van der Waals surface area (Å²) in [5, 5.41) is 0. The van der Waals surface area contributed by atoms with E-state index in [0.717, 1.165) is 77.8 Å². The van der Waals surface area contributed by atoms with Crippen molar-refractivity contribution in [1.29, 1.82) is 0 Å². The highest BCUT2D eigenvalue weighted by Crippen LogP contribution is 2.38. The number of carbonyl (C=O) groups excluding carboxylic acids is 2. The van der Waals surface area contributed by atoms with E-state index in [1.54, 1.807) is 0 Å². The molecule has 1 aromatic rings. The van der Waals surface area contributed by atoms with Gasteiger partial charge < -0.3 is 9.47 Å². The number of halogens is 1. The van der Waals surface area contributed by atoms with Crippen molar-refractivity contribution in [2.75, 3.05) is 39.5 Å². The number of ether oxygens (including phenoxy) is 2. The molecule has 0 radical (unpaired) electrons. The van der Waals surface area contributed by atoms with E-state index in [0.29, 0.717) is 13.0 Å². The summed E-state index contributed by atoms with van der Waals surface area (Å²) in [5.41, 5.74) is 1.21. The van der Waals surface area contributed by atoms with Crippen molar-refractivity contribution < 1.29 is 23.5 Å². The first-order valence-electron chi connectivity index (χ1n) is 12.3. The van der Waals surface area contributed by atoms with Crippen LogP contribution in [0.4, 0.5) is 4.39 Å². The molecule has 1 saturated heterocycles. The van der Waals surface area contributed by atoms with Crippen LogP contribution < -0.4 is 0 Å². The predicted molar refractivity (Wildman–Crippen MR) is 122 cm³/mol. The molecule has 5 nitrogen and oxygen atoms in total. The molecular weight excluding hydrogens is 409 g/mol. The highest BCUT2D eigenvalue weighted by Gasteiger charge is 2.41. The Hall–Kier alpha value is -1.79. The number of rotatable bonds is 13. The summed E-state index contributed by atoms with van der Waals surface area (Å²) in [7, 11) is 0. The number of ketones is 1. The van der Waals surface area contributed by atoms with E-state index >= 15 is 0 Å². The van der Waals surface area contributed by atoms with Crippen molar-refractivity contribution in [3.63, 3.8) is 0 Å². The van der Waals surface area contributed by atoms with Gasteiger partial charge in [-0.3, -0.25) is 14.5 Å². The maximum atomic E-state index is 14.5. The first kappa shape index (κ1) is 24.8. The second kappa shape index (κ2) is 13.7. The van der Waals surface area contributed by atoms with Crippen LogP contribution >= 0.6 is 0 Å². The summed E-state index contributed by atoms with van der Waals surface area (Å²) in [4.78, 5) is 26.4. The number of hydrogen-bond donors (Lipinski definition) is 0. The number of benzene rings is 1. The van der Waals surface area contributed by atoms with Crippen molar-refractivity contribution in [1.82, 2.24) is 4.90 Å². The summed E-state index contributed by atoms with van der Waals surface area (Å²) in [6, 6.07) is 10.1. The maximum absolute atomic E-state index is 14.5. The third-order valence-electron chi connectivity index (χ3n) is 6.82. The SMILES string of the molecule is O=C(CCCCCC[C@H]1C(F)CC(=O)[C@@H]1CCc1ccccc1)OCCN1CCOCC1. The zero-order valence-electron chi connectivity index (χ0n) is 19.2. The summed E-state index contributed by atoms with van der Waals surface area (Å²) in [5.74, 6) is -0.328. The molecule has 0 bridgehead atoms. The van der Waals surface area contributed by atoms with Gasteiger partial charge in [-0.1, -0.05) is 49.6 Å². The Bertz CT molecular complexity index is 692. The summed E-state index contributed by atoms with van der Waals surface area (Å²) in [6.07, 6.45) is 5.47. The van der Waals surface area contributed by atoms with Gasteiger partial charge >= 0.3 is 5.97 Å². The Balaban J connectivity index is 1.25. The van der Waals surface area contributed by atoms with E-state index in [1.165, 1.54) is 5.56 Å². The molecule has 1 aliphatic heterocycles. The molecule has 2 fully saturated rings. The molecule has 3 atom stereocenters. The normalized spacial score (nSPS) is 24.0. The van der Waals surface area contributed by atoms with Gasteiger partial charge in [-0.05, 0) is 31.2 Å². The molecule has 6 heteroatoms. The number of aryl methyl sites for hydroxylation is 1. The molecule has 1 aliphatic carbocycles. The van der Waals surface area contributed by atoms with Crippen LogP contribution in [0.25, 0.3) is 0 Å². The van der Waals surface area contributed by atoms with Gasteiger partial charge in [0.2, 0.25) is 0 Å². The van der Waals surface area contributed by atoms with Crippen LogP contribution in [-0.2, 0) is 25.5 Å². The number of nitrogens with zero attached hydrogens (tertiary/aromatic N) is 1. The van der Waals surface area contributed by atoms with Gasteiger partial charge in [-0.15, -0.1) is 0 Å². The molecule has 1 heterocycles.